The Kier molecular flexibility index (Phi) is 6.01. The molecular formula is C8H11ClN2O. The average molecular weight is 187 g/mol. The van der Waals surface area contributed by atoms with E-state index >= 15 is 0 Å². The molecule has 4 heteroatoms. The second-order valence-electron chi connectivity index (χ2n) is 2.03. The monoisotopic (exact) mass is 186 g/mol. The summed E-state index contributed by atoms with van der Waals surface area (Å²) in [7, 11) is 0. The van der Waals surface area contributed by atoms with Gasteiger partial charge in [-0.3, -0.25) is 4.79 Å². The van der Waals surface area contributed by atoms with E-state index in [0.29, 0.717) is 24.1 Å². The normalized spacial score (nSPS) is 12.5. The summed E-state index contributed by atoms with van der Waals surface area (Å²) >= 11 is 5.35. The maximum Gasteiger partial charge on any atom is 0.152 e. The molecule has 3 nitrogen and oxygen atoms in total. The zero-order valence-electron chi connectivity index (χ0n) is 6.88. The van der Waals surface area contributed by atoms with Crippen molar-refractivity contribution in [3.63, 3.8) is 0 Å². The van der Waals surface area contributed by atoms with Crippen LogP contribution < -0.4 is 5.43 Å². The first kappa shape index (κ1) is 10.9. The molecule has 0 radical (unpaired) electrons. The third-order valence-electron chi connectivity index (χ3n) is 1.14. The lowest BCUT2D eigenvalue weighted by Crippen LogP contribution is -2.10. The van der Waals surface area contributed by atoms with Gasteiger partial charge in [0.2, 0.25) is 0 Å². The van der Waals surface area contributed by atoms with E-state index in [1.807, 2.05) is 0 Å². The molecule has 0 spiro atoms. The Labute approximate surface area is 76.8 Å². The van der Waals surface area contributed by atoms with Crippen molar-refractivity contribution in [3.8, 4) is 0 Å². The SMILES string of the molecule is C=CCN/N=C(C)\C(C=O)=C\Cl. The fraction of sp³-hybridized carbons (Fsp3) is 0.250. The third kappa shape index (κ3) is 3.93. The van der Waals surface area contributed by atoms with Crippen molar-refractivity contribution in [2.75, 3.05) is 6.54 Å². The quantitative estimate of drug-likeness (QED) is 0.176. The summed E-state index contributed by atoms with van der Waals surface area (Å²) in [5, 5.41) is 3.87. The fourth-order valence-corrected chi connectivity index (χ4v) is 0.693. The first-order valence-corrected chi connectivity index (χ1v) is 3.83. The molecule has 0 bridgehead atoms. The smallest absolute Gasteiger partial charge is 0.152 e. The van der Waals surface area contributed by atoms with Gasteiger partial charge in [-0.25, -0.2) is 0 Å². The average Bonchev–Trinajstić information content (AvgIpc) is 2.07. The minimum Gasteiger partial charge on any atom is -0.306 e. The zero-order valence-corrected chi connectivity index (χ0v) is 7.64. The summed E-state index contributed by atoms with van der Waals surface area (Å²) in [4.78, 5) is 10.3. The van der Waals surface area contributed by atoms with Gasteiger partial charge in [-0.1, -0.05) is 17.7 Å². The summed E-state index contributed by atoms with van der Waals surface area (Å²) in [6.07, 6.45) is 2.32. The Morgan fingerprint density at radius 2 is 2.42 bits per heavy atom. The summed E-state index contributed by atoms with van der Waals surface area (Å²) in [6, 6.07) is 0. The van der Waals surface area contributed by atoms with Gasteiger partial charge in [0.15, 0.2) is 6.29 Å². The van der Waals surface area contributed by atoms with Gasteiger partial charge in [0.05, 0.1) is 12.3 Å². The van der Waals surface area contributed by atoms with Crippen LogP contribution in [0, 0.1) is 0 Å². The van der Waals surface area contributed by atoms with Crippen molar-refractivity contribution in [3.05, 3.63) is 23.8 Å². The molecule has 0 unspecified atom stereocenters. The number of hydrogen-bond acceptors (Lipinski definition) is 3. The van der Waals surface area contributed by atoms with Gasteiger partial charge < -0.3 is 5.43 Å². The van der Waals surface area contributed by atoms with Crippen molar-refractivity contribution in [2.24, 2.45) is 5.10 Å². The van der Waals surface area contributed by atoms with Crippen LogP contribution >= 0.6 is 11.6 Å². The van der Waals surface area contributed by atoms with Crippen LogP contribution in [0.15, 0.2) is 28.9 Å². The molecule has 0 aliphatic carbocycles. The Bertz CT molecular complexity index is 221. The number of hydrazone groups is 1. The molecule has 12 heavy (non-hydrogen) atoms. The highest BCUT2D eigenvalue weighted by Gasteiger charge is 1.97. The Morgan fingerprint density at radius 3 is 2.83 bits per heavy atom. The number of carbonyl (C=O) groups is 1. The third-order valence-corrected chi connectivity index (χ3v) is 1.38. The van der Waals surface area contributed by atoms with Crippen molar-refractivity contribution < 1.29 is 4.79 Å². The first-order chi connectivity index (χ1) is 5.76. The van der Waals surface area contributed by atoms with Gasteiger partial charge >= 0.3 is 0 Å². The molecule has 0 heterocycles. The van der Waals surface area contributed by atoms with Crippen molar-refractivity contribution >= 4 is 23.6 Å². The number of rotatable bonds is 5. The summed E-state index contributed by atoms with van der Waals surface area (Å²) in [5.74, 6) is 0. The second kappa shape index (κ2) is 6.61. The maximum absolute atomic E-state index is 10.3. The van der Waals surface area contributed by atoms with E-state index in [9.17, 15) is 4.79 Å². The van der Waals surface area contributed by atoms with E-state index in [1.165, 1.54) is 5.54 Å². The highest BCUT2D eigenvalue weighted by molar-refractivity contribution is 6.31. The van der Waals surface area contributed by atoms with Crippen LogP contribution in [0.25, 0.3) is 0 Å². The van der Waals surface area contributed by atoms with Crippen LogP contribution in [0.4, 0.5) is 0 Å². The second-order valence-corrected chi connectivity index (χ2v) is 2.25. The maximum atomic E-state index is 10.3. The van der Waals surface area contributed by atoms with Gasteiger partial charge in [0, 0.05) is 11.1 Å². The number of aldehydes is 1. The van der Waals surface area contributed by atoms with Crippen molar-refractivity contribution in [2.45, 2.75) is 6.92 Å². The lowest BCUT2D eigenvalue weighted by molar-refractivity contribution is -0.104. The molecule has 0 saturated carbocycles. The van der Waals surface area contributed by atoms with Gasteiger partial charge in [0.25, 0.3) is 0 Å². The van der Waals surface area contributed by atoms with Crippen LogP contribution in [-0.4, -0.2) is 18.5 Å². The number of nitrogens with one attached hydrogen (secondary N) is 1. The number of hydrogen-bond donors (Lipinski definition) is 1. The van der Waals surface area contributed by atoms with Crippen molar-refractivity contribution in [1.29, 1.82) is 0 Å². The molecule has 0 aliphatic rings. The topological polar surface area (TPSA) is 41.5 Å². The van der Waals surface area contributed by atoms with E-state index in [0.717, 1.165) is 0 Å². The van der Waals surface area contributed by atoms with Gasteiger partial charge in [-0.2, -0.15) is 5.10 Å². The van der Waals surface area contributed by atoms with E-state index in [2.05, 4.69) is 17.1 Å². The van der Waals surface area contributed by atoms with Gasteiger partial charge in [0.1, 0.15) is 0 Å². The number of halogens is 1. The van der Waals surface area contributed by atoms with E-state index < -0.39 is 0 Å². The van der Waals surface area contributed by atoms with Gasteiger partial charge in [-0.05, 0) is 6.92 Å². The molecule has 1 N–H and O–H groups in total. The number of nitrogens with zero attached hydrogens (tertiary/aromatic N) is 1. The molecule has 0 aliphatic heterocycles. The molecule has 0 fully saturated rings. The van der Waals surface area contributed by atoms with Crippen LogP contribution in [0.2, 0.25) is 0 Å². The predicted octanol–water partition coefficient (Wildman–Crippen LogP) is 1.46. The van der Waals surface area contributed by atoms with Crippen molar-refractivity contribution in [1.82, 2.24) is 5.43 Å². The first-order valence-electron chi connectivity index (χ1n) is 3.40. The molecule has 66 valence electrons. The molecule has 0 atom stereocenters. The predicted molar refractivity (Wildman–Crippen MR) is 51.3 cm³/mol. The lowest BCUT2D eigenvalue weighted by atomic mass is 10.2. The van der Waals surface area contributed by atoms with Crippen LogP contribution in [-0.2, 0) is 4.79 Å². The molecule has 0 aromatic heterocycles. The Balaban J connectivity index is 4.15. The van der Waals surface area contributed by atoms with Crippen LogP contribution in [0.1, 0.15) is 6.92 Å². The fourth-order valence-electron chi connectivity index (χ4n) is 0.483. The molecule has 0 aromatic carbocycles. The van der Waals surface area contributed by atoms with E-state index in [4.69, 9.17) is 11.6 Å². The summed E-state index contributed by atoms with van der Waals surface area (Å²) in [6.45, 7) is 5.76. The summed E-state index contributed by atoms with van der Waals surface area (Å²) < 4.78 is 0. The van der Waals surface area contributed by atoms with E-state index in [-0.39, 0.29) is 0 Å². The Morgan fingerprint density at radius 1 is 1.75 bits per heavy atom. The van der Waals surface area contributed by atoms with E-state index in [1.54, 1.807) is 13.0 Å². The largest absolute Gasteiger partial charge is 0.306 e. The molecule has 0 aromatic rings. The minimum atomic E-state index is 0.369. The highest BCUT2D eigenvalue weighted by Crippen LogP contribution is 1.95. The van der Waals surface area contributed by atoms with Crippen LogP contribution in [0.3, 0.4) is 0 Å². The Hall–Kier alpha value is -1.09. The lowest BCUT2D eigenvalue weighted by Gasteiger charge is -1.98. The van der Waals surface area contributed by atoms with Crippen LogP contribution in [0.5, 0.6) is 0 Å². The standard InChI is InChI=1S/C8H11ClN2O/c1-3-4-10-11-7(2)8(5-9)6-12/h3,5-6,10H,1,4H2,2H3/b8-5+,11-7-. The minimum absolute atomic E-state index is 0.369. The summed E-state index contributed by atoms with van der Waals surface area (Å²) in [5.41, 5.74) is 4.82. The molecule has 0 rings (SSSR count). The zero-order chi connectivity index (χ0) is 9.40. The molecule has 0 amide bonds. The highest BCUT2D eigenvalue weighted by atomic mass is 35.5. The van der Waals surface area contributed by atoms with Gasteiger partial charge in [-0.15, -0.1) is 6.58 Å². The number of carbonyl (C=O) groups excluding carboxylic acids is 1. The number of allylic oxidation sites excluding steroid dienone is 1. The molecular weight excluding hydrogens is 176 g/mol. The molecule has 0 saturated heterocycles.